The lowest BCUT2D eigenvalue weighted by molar-refractivity contribution is 0.437. The summed E-state index contributed by atoms with van der Waals surface area (Å²) in [5.74, 6) is 0.971. The molecular formula is C33H36O3. The molecule has 0 saturated carbocycles. The van der Waals surface area contributed by atoms with Crippen molar-refractivity contribution in [2.24, 2.45) is 0 Å². The lowest BCUT2D eigenvalue weighted by Gasteiger charge is -2.34. The van der Waals surface area contributed by atoms with Crippen LogP contribution in [0.4, 0.5) is 0 Å². The highest BCUT2D eigenvalue weighted by atomic mass is 16.3. The molecule has 186 valence electrons. The van der Waals surface area contributed by atoms with E-state index in [0.717, 1.165) is 50.9 Å². The lowest BCUT2D eigenvalue weighted by Crippen LogP contribution is -2.26. The Morgan fingerprint density at radius 1 is 0.639 bits per heavy atom. The Hall–Kier alpha value is -3.72. The monoisotopic (exact) mass is 480 g/mol. The van der Waals surface area contributed by atoms with Crippen molar-refractivity contribution in [2.45, 2.75) is 59.3 Å². The minimum absolute atomic E-state index is 0.204. The summed E-state index contributed by atoms with van der Waals surface area (Å²) in [5.41, 5.74) is 7.86. The van der Waals surface area contributed by atoms with Crippen molar-refractivity contribution in [3.63, 3.8) is 0 Å². The number of hydrogen-bond acceptors (Lipinski definition) is 3. The van der Waals surface area contributed by atoms with E-state index in [1.54, 1.807) is 12.1 Å². The molecule has 0 radical (unpaired) electrons. The first-order valence-electron chi connectivity index (χ1n) is 12.6. The maximum atomic E-state index is 11.3. The second kappa shape index (κ2) is 9.73. The topological polar surface area (TPSA) is 60.7 Å². The van der Waals surface area contributed by atoms with Gasteiger partial charge in [-0.25, -0.2) is 0 Å². The number of rotatable bonds is 6. The molecule has 4 rings (SSSR count). The number of aryl methyl sites for hydroxylation is 4. The van der Waals surface area contributed by atoms with E-state index >= 15 is 0 Å². The van der Waals surface area contributed by atoms with E-state index in [1.807, 2.05) is 64.1 Å². The summed E-state index contributed by atoms with van der Waals surface area (Å²) in [5, 5.41) is 32.2. The molecule has 0 aliphatic rings. The number of hydrogen-bond donors (Lipinski definition) is 3. The molecule has 36 heavy (non-hydrogen) atoms. The van der Waals surface area contributed by atoms with Crippen LogP contribution in [0.3, 0.4) is 0 Å². The first kappa shape index (κ1) is 25.4. The minimum atomic E-state index is -0.777. The van der Waals surface area contributed by atoms with Crippen molar-refractivity contribution >= 4 is 0 Å². The molecule has 3 heteroatoms. The van der Waals surface area contributed by atoms with Gasteiger partial charge in [-0.15, -0.1) is 0 Å². The van der Waals surface area contributed by atoms with Crippen molar-refractivity contribution in [3.8, 4) is 17.2 Å². The van der Waals surface area contributed by atoms with Crippen LogP contribution in [-0.2, 0) is 5.41 Å². The van der Waals surface area contributed by atoms with Crippen LogP contribution < -0.4 is 0 Å². The molecule has 0 amide bonds. The first-order valence-corrected chi connectivity index (χ1v) is 12.6. The summed E-state index contributed by atoms with van der Waals surface area (Å²) in [4.78, 5) is 0. The predicted molar refractivity (Wildman–Crippen MR) is 147 cm³/mol. The molecule has 3 N–H and O–H groups in total. The second-order valence-corrected chi connectivity index (χ2v) is 10.3. The van der Waals surface area contributed by atoms with Crippen molar-refractivity contribution in [2.75, 3.05) is 0 Å². The molecule has 0 spiro atoms. The fourth-order valence-corrected chi connectivity index (χ4v) is 5.56. The van der Waals surface area contributed by atoms with Gasteiger partial charge in [-0.3, -0.25) is 0 Å². The third-order valence-electron chi connectivity index (χ3n) is 7.56. The van der Waals surface area contributed by atoms with Gasteiger partial charge in [0.2, 0.25) is 0 Å². The van der Waals surface area contributed by atoms with E-state index in [4.69, 9.17) is 0 Å². The van der Waals surface area contributed by atoms with Crippen LogP contribution in [-0.4, -0.2) is 15.3 Å². The summed E-state index contributed by atoms with van der Waals surface area (Å²) in [6.45, 7) is 12.1. The largest absolute Gasteiger partial charge is 0.508 e. The molecule has 3 nitrogen and oxygen atoms in total. The van der Waals surface area contributed by atoms with Gasteiger partial charge in [0.1, 0.15) is 17.2 Å². The molecule has 0 bridgehead atoms. The maximum Gasteiger partial charge on any atom is 0.122 e. The van der Waals surface area contributed by atoms with Crippen molar-refractivity contribution in [3.05, 3.63) is 123 Å². The van der Waals surface area contributed by atoms with Gasteiger partial charge in [-0.2, -0.15) is 0 Å². The molecule has 0 aromatic heterocycles. The molecular weight excluding hydrogens is 444 g/mol. The normalized spacial score (nSPS) is 12.5. The molecule has 0 aliphatic carbocycles. The van der Waals surface area contributed by atoms with E-state index in [2.05, 4.69) is 38.1 Å². The summed E-state index contributed by atoms with van der Waals surface area (Å²) >= 11 is 0. The average molecular weight is 481 g/mol. The standard InChI is InChI=1S/C33H36O3/c1-7-28(25-10-14-27(34)15-11-25)24-8-12-26(13-9-24)33(6,29-18-20(2)16-22(4)31(29)35)30-19-21(3)17-23(5)32(30)36/h8-19,28,34-36H,7H2,1-6H3. The van der Waals surface area contributed by atoms with Crippen LogP contribution in [0, 0.1) is 27.7 Å². The Balaban J connectivity index is 1.92. The Kier molecular flexibility index (Phi) is 6.86. The smallest absolute Gasteiger partial charge is 0.122 e. The highest BCUT2D eigenvalue weighted by Gasteiger charge is 2.37. The van der Waals surface area contributed by atoms with Gasteiger partial charge >= 0.3 is 0 Å². The van der Waals surface area contributed by atoms with Gasteiger partial charge in [0.15, 0.2) is 0 Å². The first-order chi connectivity index (χ1) is 17.1. The highest BCUT2D eigenvalue weighted by molar-refractivity contribution is 5.62. The van der Waals surface area contributed by atoms with E-state index in [9.17, 15) is 15.3 Å². The number of aromatic hydroxyl groups is 3. The summed E-state index contributed by atoms with van der Waals surface area (Å²) in [6.07, 6.45) is 0.928. The number of phenols is 3. The van der Waals surface area contributed by atoms with Crippen LogP contribution in [0.2, 0.25) is 0 Å². The van der Waals surface area contributed by atoms with Gasteiger partial charge in [0.25, 0.3) is 0 Å². The quantitative estimate of drug-likeness (QED) is 0.246. The third kappa shape index (κ3) is 4.46. The Morgan fingerprint density at radius 2 is 1.06 bits per heavy atom. The van der Waals surface area contributed by atoms with E-state index < -0.39 is 5.41 Å². The molecule has 0 heterocycles. The van der Waals surface area contributed by atoms with Crippen LogP contribution in [0.5, 0.6) is 17.2 Å². The molecule has 4 aromatic rings. The molecule has 1 unspecified atom stereocenters. The predicted octanol–water partition coefficient (Wildman–Crippen LogP) is 7.93. The van der Waals surface area contributed by atoms with Crippen LogP contribution in [0.25, 0.3) is 0 Å². The highest BCUT2D eigenvalue weighted by Crippen LogP contribution is 2.48. The minimum Gasteiger partial charge on any atom is -0.508 e. The Bertz CT molecular complexity index is 1320. The summed E-state index contributed by atoms with van der Waals surface area (Å²) in [6, 6.07) is 24.0. The molecule has 0 fully saturated rings. The van der Waals surface area contributed by atoms with E-state index in [0.29, 0.717) is 0 Å². The average Bonchev–Trinajstić information content (AvgIpc) is 2.85. The van der Waals surface area contributed by atoms with Crippen LogP contribution in [0.15, 0.2) is 72.8 Å². The van der Waals surface area contributed by atoms with E-state index in [1.165, 1.54) is 5.56 Å². The molecule has 1 atom stereocenters. The van der Waals surface area contributed by atoms with Crippen LogP contribution >= 0.6 is 0 Å². The molecule has 0 aliphatic heterocycles. The van der Waals surface area contributed by atoms with Gasteiger partial charge in [0.05, 0.1) is 0 Å². The van der Waals surface area contributed by atoms with E-state index in [-0.39, 0.29) is 23.2 Å². The van der Waals surface area contributed by atoms with Gasteiger partial charge in [-0.05, 0) is 81.0 Å². The Labute approximate surface area is 214 Å². The summed E-state index contributed by atoms with van der Waals surface area (Å²) in [7, 11) is 0. The molecule has 4 aromatic carbocycles. The zero-order valence-corrected chi connectivity index (χ0v) is 22.1. The summed E-state index contributed by atoms with van der Waals surface area (Å²) < 4.78 is 0. The maximum absolute atomic E-state index is 11.3. The zero-order valence-electron chi connectivity index (χ0n) is 22.1. The van der Waals surface area contributed by atoms with Gasteiger partial charge in [-0.1, -0.05) is 78.7 Å². The SMILES string of the molecule is CCC(c1ccc(O)cc1)c1ccc(C(C)(c2cc(C)cc(C)c2O)c2cc(C)cc(C)c2O)cc1. The van der Waals surface area contributed by atoms with Crippen molar-refractivity contribution in [1.29, 1.82) is 0 Å². The second-order valence-electron chi connectivity index (χ2n) is 10.3. The fourth-order valence-electron chi connectivity index (χ4n) is 5.56. The zero-order chi connectivity index (χ0) is 26.2. The Morgan fingerprint density at radius 3 is 1.47 bits per heavy atom. The van der Waals surface area contributed by atoms with Crippen molar-refractivity contribution in [1.82, 2.24) is 0 Å². The number of phenolic OH excluding ortho intramolecular Hbond substituents is 3. The number of benzene rings is 4. The lowest BCUT2D eigenvalue weighted by atomic mass is 9.68. The third-order valence-corrected chi connectivity index (χ3v) is 7.56. The fraction of sp³-hybridized carbons (Fsp3) is 0.273. The van der Waals surface area contributed by atoms with Crippen molar-refractivity contribution < 1.29 is 15.3 Å². The van der Waals surface area contributed by atoms with Crippen LogP contribution in [0.1, 0.15) is 76.3 Å². The van der Waals surface area contributed by atoms with Gasteiger partial charge < -0.3 is 15.3 Å². The van der Waals surface area contributed by atoms with Gasteiger partial charge in [0, 0.05) is 22.5 Å². The molecule has 0 saturated heterocycles.